The average molecular weight is 503 g/mol. The van der Waals surface area contributed by atoms with Gasteiger partial charge in [-0.15, -0.1) is 5.10 Å². The van der Waals surface area contributed by atoms with E-state index in [2.05, 4.69) is 17.3 Å². The molecule has 0 radical (unpaired) electrons. The molecule has 1 unspecified atom stereocenters. The Hall–Kier alpha value is -3.66. The molecule has 2 aromatic heterocycles. The number of nitrogens with one attached hydrogen (secondary N) is 1. The number of benzene rings is 1. The minimum absolute atomic E-state index is 0.0286. The molecule has 3 fully saturated rings. The summed E-state index contributed by atoms with van der Waals surface area (Å²) in [4.78, 5) is 33.2. The molecule has 3 N–H and O–H groups in total. The Kier molecular flexibility index (Phi) is 5.14. The number of nitrogen functional groups attached to an aromatic ring is 1. The Morgan fingerprint density at radius 2 is 2.08 bits per heavy atom. The molecule has 1 aromatic carbocycles. The Morgan fingerprint density at radius 1 is 1.24 bits per heavy atom. The van der Waals surface area contributed by atoms with E-state index in [0.717, 1.165) is 30.4 Å². The molecule has 37 heavy (non-hydrogen) atoms. The van der Waals surface area contributed by atoms with Gasteiger partial charge in [-0.05, 0) is 62.3 Å². The van der Waals surface area contributed by atoms with Crippen molar-refractivity contribution in [1.82, 2.24) is 24.8 Å². The van der Waals surface area contributed by atoms with E-state index >= 15 is 0 Å². The normalized spacial score (nSPS) is 21.9. The SMILES string of the molecule is CC(C1CC1)N1Cc2cc(-c3ccn4nc(N)c(C(=O)NC5CC5)c4n3)cc(O[C@@H]3CCOC3)c2C1=O. The third kappa shape index (κ3) is 3.99. The average Bonchev–Trinajstić information content (AvgIpc) is 3.78. The Morgan fingerprint density at radius 3 is 2.81 bits per heavy atom. The number of ether oxygens (including phenoxy) is 2. The highest BCUT2D eigenvalue weighted by Crippen LogP contribution is 2.42. The number of rotatable bonds is 7. The highest BCUT2D eigenvalue weighted by atomic mass is 16.5. The highest BCUT2D eigenvalue weighted by Gasteiger charge is 2.40. The summed E-state index contributed by atoms with van der Waals surface area (Å²) in [5.74, 6) is 1.06. The first-order chi connectivity index (χ1) is 18.0. The van der Waals surface area contributed by atoms with Crippen LogP contribution in [0.2, 0.25) is 0 Å². The van der Waals surface area contributed by atoms with Gasteiger partial charge >= 0.3 is 0 Å². The van der Waals surface area contributed by atoms with Gasteiger partial charge in [-0.1, -0.05) is 0 Å². The van der Waals surface area contributed by atoms with Crippen LogP contribution >= 0.6 is 0 Å². The molecule has 1 saturated heterocycles. The summed E-state index contributed by atoms with van der Waals surface area (Å²) < 4.78 is 13.4. The van der Waals surface area contributed by atoms with Crippen molar-refractivity contribution < 1.29 is 19.1 Å². The van der Waals surface area contributed by atoms with Crippen molar-refractivity contribution in [2.45, 2.75) is 63.8 Å². The summed E-state index contributed by atoms with van der Waals surface area (Å²) in [5.41, 5.74) is 9.85. The Balaban J connectivity index is 1.29. The number of hydrogen-bond acceptors (Lipinski definition) is 7. The van der Waals surface area contributed by atoms with E-state index in [1.807, 2.05) is 23.1 Å². The number of nitrogens with two attached hydrogens (primary N) is 1. The van der Waals surface area contributed by atoms with E-state index in [4.69, 9.17) is 20.2 Å². The van der Waals surface area contributed by atoms with Gasteiger partial charge in [0, 0.05) is 36.8 Å². The minimum atomic E-state index is -0.255. The second-order valence-corrected chi connectivity index (χ2v) is 10.7. The van der Waals surface area contributed by atoms with Crippen LogP contribution in [0.3, 0.4) is 0 Å². The lowest BCUT2D eigenvalue weighted by Crippen LogP contribution is -2.34. The lowest BCUT2D eigenvalue weighted by molar-refractivity contribution is 0.0691. The van der Waals surface area contributed by atoms with Crippen LogP contribution < -0.4 is 15.8 Å². The molecule has 2 aliphatic carbocycles. The number of fused-ring (bicyclic) bond motifs is 2. The number of carbonyl (C=O) groups is 2. The van der Waals surface area contributed by atoms with E-state index in [-0.39, 0.29) is 41.4 Å². The molecule has 10 nitrogen and oxygen atoms in total. The predicted octanol–water partition coefficient (Wildman–Crippen LogP) is 2.79. The van der Waals surface area contributed by atoms with E-state index in [0.29, 0.717) is 48.3 Å². The smallest absolute Gasteiger partial charge is 0.259 e. The summed E-state index contributed by atoms with van der Waals surface area (Å²) in [6, 6.07) is 6.14. The first-order valence-electron chi connectivity index (χ1n) is 13.1. The standard InChI is InChI=1S/C27H30N6O4/c1-14(15-2-3-15)32-12-17-10-16(11-21(22(17)27(32)35)37-19-7-9-36-13-19)20-6-8-33-25(30-20)23(24(28)31-33)26(34)29-18-4-5-18/h6,8,10-11,14-15,18-19H,2-5,7,9,12-13H2,1H3,(H2,28,31)(H,29,34)/t14?,19-/m1/s1. The van der Waals surface area contributed by atoms with Crippen LogP contribution in [0.1, 0.15) is 65.3 Å². The summed E-state index contributed by atoms with van der Waals surface area (Å²) in [6.07, 6.45) is 6.74. The molecule has 7 rings (SSSR count). The van der Waals surface area contributed by atoms with Crippen molar-refractivity contribution in [2.24, 2.45) is 5.92 Å². The molecule has 192 valence electrons. The minimum Gasteiger partial charge on any atom is -0.487 e. The van der Waals surface area contributed by atoms with Gasteiger partial charge in [0.2, 0.25) is 0 Å². The number of anilines is 1. The summed E-state index contributed by atoms with van der Waals surface area (Å²) in [7, 11) is 0. The van der Waals surface area contributed by atoms with E-state index in [1.165, 1.54) is 17.4 Å². The zero-order valence-corrected chi connectivity index (χ0v) is 20.8. The van der Waals surface area contributed by atoms with E-state index in [9.17, 15) is 9.59 Å². The van der Waals surface area contributed by atoms with Gasteiger partial charge in [0.1, 0.15) is 17.4 Å². The quantitative estimate of drug-likeness (QED) is 0.509. The van der Waals surface area contributed by atoms with Crippen molar-refractivity contribution in [2.75, 3.05) is 18.9 Å². The van der Waals surface area contributed by atoms with Gasteiger partial charge < -0.3 is 25.4 Å². The monoisotopic (exact) mass is 502 g/mol. The zero-order valence-electron chi connectivity index (χ0n) is 20.8. The number of aromatic nitrogens is 3. The van der Waals surface area contributed by atoms with Crippen LogP contribution in [0, 0.1) is 5.92 Å². The van der Waals surface area contributed by atoms with Crippen LogP contribution in [0.4, 0.5) is 5.82 Å². The zero-order chi connectivity index (χ0) is 25.3. The highest BCUT2D eigenvalue weighted by molar-refractivity contribution is 6.05. The van der Waals surface area contributed by atoms with Crippen molar-refractivity contribution in [3.05, 3.63) is 41.1 Å². The second kappa shape index (κ2) is 8.44. The number of hydrogen-bond donors (Lipinski definition) is 2. The van der Waals surface area contributed by atoms with Gasteiger partial charge in [0.25, 0.3) is 11.8 Å². The molecule has 3 aromatic rings. The topological polar surface area (TPSA) is 124 Å². The fraction of sp³-hybridized carbons (Fsp3) is 0.481. The van der Waals surface area contributed by atoms with Gasteiger partial charge in [-0.2, -0.15) is 0 Å². The van der Waals surface area contributed by atoms with Gasteiger partial charge in [0.05, 0.1) is 24.5 Å². The van der Waals surface area contributed by atoms with Crippen LogP contribution in [-0.4, -0.2) is 62.7 Å². The first-order valence-corrected chi connectivity index (χ1v) is 13.1. The maximum absolute atomic E-state index is 13.5. The molecule has 10 heteroatoms. The molecule has 4 aliphatic rings. The Labute approximate surface area is 214 Å². The van der Waals surface area contributed by atoms with Crippen molar-refractivity contribution in [3.8, 4) is 17.0 Å². The largest absolute Gasteiger partial charge is 0.487 e. The summed E-state index contributed by atoms with van der Waals surface area (Å²) >= 11 is 0. The first kappa shape index (κ1) is 22.5. The molecule has 2 atom stereocenters. The van der Waals surface area contributed by atoms with Crippen molar-refractivity contribution >= 4 is 23.3 Å². The summed E-state index contributed by atoms with van der Waals surface area (Å²) in [5, 5.41) is 7.26. The molecule has 2 saturated carbocycles. The molecule has 4 heterocycles. The van der Waals surface area contributed by atoms with Crippen LogP contribution in [0.5, 0.6) is 5.75 Å². The van der Waals surface area contributed by atoms with E-state index in [1.54, 1.807) is 6.20 Å². The summed E-state index contributed by atoms with van der Waals surface area (Å²) in [6.45, 7) is 3.85. The van der Waals surface area contributed by atoms with E-state index < -0.39 is 0 Å². The van der Waals surface area contributed by atoms with Crippen LogP contribution in [0.15, 0.2) is 24.4 Å². The fourth-order valence-electron chi connectivity index (χ4n) is 5.44. The van der Waals surface area contributed by atoms with Crippen LogP contribution in [0.25, 0.3) is 16.9 Å². The third-order valence-corrected chi connectivity index (χ3v) is 7.92. The molecule has 2 aliphatic heterocycles. The number of amides is 2. The molecule has 0 bridgehead atoms. The van der Waals surface area contributed by atoms with Crippen molar-refractivity contribution in [3.63, 3.8) is 0 Å². The lowest BCUT2D eigenvalue weighted by Gasteiger charge is -2.24. The second-order valence-electron chi connectivity index (χ2n) is 10.7. The fourth-order valence-corrected chi connectivity index (χ4v) is 5.44. The third-order valence-electron chi connectivity index (χ3n) is 7.92. The lowest BCUT2D eigenvalue weighted by atomic mass is 10.0. The van der Waals surface area contributed by atoms with Gasteiger partial charge in [0.15, 0.2) is 11.5 Å². The predicted molar refractivity (Wildman–Crippen MR) is 135 cm³/mol. The molecular formula is C27H30N6O4. The maximum Gasteiger partial charge on any atom is 0.259 e. The number of carbonyl (C=O) groups excluding carboxylic acids is 2. The number of nitrogens with zero attached hydrogens (tertiary/aromatic N) is 4. The van der Waals surface area contributed by atoms with Crippen molar-refractivity contribution in [1.29, 1.82) is 0 Å². The van der Waals surface area contributed by atoms with Crippen LogP contribution in [-0.2, 0) is 11.3 Å². The molecular weight excluding hydrogens is 472 g/mol. The maximum atomic E-state index is 13.5. The van der Waals surface area contributed by atoms with Gasteiger partial charge in [-0.25, -0.2) is 9.50 Å². The Bertz CT molecular complexity index is 1420. The van der Waals surface area contributed by atoms with Gasteiger partial charge in [-0.3, -0.25) is 9.59 Å². The molecule has 2 amide bonds. The molecule has 0 spiro atoms.